The van der Waals surface area contributed by atoms with Crippen LogP contribution >= 0.6 is 0 Å². The van der Waals surface area contributed by atoms with Crippen LogP contribution in [0, 0.1) is 16.7 Å². The van der Waals surface area contributed by atoms with Crippen LogP contribution in [0.4, 0.5) is 0 Å². The summed E-state index contributed by atoms with van der Waals surface area (Å²) in [6, 6.07) is 0. The smallest absolute Gasteiger partial charge is 0.335 e. The molecule has 3 fully saturated rings. The number of carbonyl (C=O) groups excluding carboxylic acids is 2. The second-order valence-corrected chi connectivity index (χ2v) is 7.35. The lowest BCUT2D eigenvalue weighted by Gasteiger charge is -2.60. The van der Waals surface area contributed by atoms with E-state index in [0.717, 1.165) is 0 Å². The van der Waals surface area contributed by atoms with Crippen LogP contribution < -0.4 is 0 Å². The monoisotopic (exact) mass is 298 g/mol. The lowest BCUT2D eigenvalue weighted by molar-refractivity contribution is -0.261. The molecule has 3 N–H and O–H groups in total. The number of carbonyl (C=O) groups is 2. The molecule has 0 radical (unpaired) electrons. The predicted octanol–water partition coefficient (Wildman–Crippen LogP) is -0.218. The maximum absolute atomic E-state index is 12.5. The minimum Gasteiger partial charge on any atom is -0.463 e. The fraction of sp³-hybridized carbons (Fsp3) is 0.867. The van der Waals surface area contributed by atoms with Crippen LogP contribution in [-0.4, -0.2) is 51.0 Å². The van der Waals surface area contributed by atoms with Gasteiger partial charge in [0.2, 0.25) is 0 Å². The number of ketones is 1. The van der Waals surface area contributed by atoms with E-state index >= 15 is 0 Å². The van der Waals surface area contributed by atoms with Crippen LogP contribution in [0.1, 0.15) is 40.0 Å². The van der Waals surface area contributed by atoms with Crippen LogP contribution in [0.3, 0.4) is 0 Å². The van der Waals surface area contributed by atoms with Gasteiger partial charge in [0.25, 0.3) is 0 Å². The van der Waals surface area contributed by atoms with Crippen molar-refractivity contribution in [3.63, 3.8) is 0 Å². The van der Waals surface area contributed by atoms with Gasteiger partial charge in [0.1, 0.15) is 12.2 Å². The molecule has 0 spiro atoms. The van der Waals surface area contributed by atoms with Gasteiger partial charge in [-0.2, -0.15) is 0 Å². The maximum atomic E-state index is 12.5. The van der Waals surface area contributed by atoms with Crippen molar-refractivity contribution in [1.29, 1.82) is 0 Å². The van der Waals surface area contributed by atoms with E-state index in [2.05, 4.69) is 0 Å². The zero-order valence-electron chi connectivity index (χ0n) is 12.5. The average molecular weight is 298 g/mol. The number of rotatable bonds is 0. The first-order valence-electron chi connectivity index (χ1n) is 7.37. The second-order valence-electron chi connectivity index (χ2n) is 7.35. The molecule has 3 rings (SSSR count). The van der Waals surface area contributed by atoms with E-state index in [1.165, 1.54) is 6.92 Å². The molecule has 6 atom stereocenters. The molecular formula is C15H22O6. The highest BCUT2D eigenvalue weighted by molar-refractivity contribution is 5.92. The van der Waals surface area contributed by atoms with E-state index in [-0.39, 0.29) is 18.9 Å². The summed E-state index contributed by atoms with van der Waals surface area (Å²) in [7, 11) is 0. The number of hydrogen-bond acceptors (Lipinski definition) is 6. The molecule has 6 unspecified atom stereocenters. The summed E-state index contributed by atoms with van der Waals surface area (Å²) in [4.78, 5) is 24.6. The standard InChI is InChI=1S/C15H22O6/c1-8-4-5-15(20)12(2)7-21-11(18)10(17)14(8,15)6-9(16)13(12,3)19/h8,10,17,19-20H,4-7H2,1-3H3. The molecule has 1 saturated heterocycles. The van der Waals surface area contributed by atoms with Crippen LogP contribution in [0.5, 0.6) is 0 Å². The molecule has 2 saturated carbocycles. The highest BCUT2D eigenvalue weighted by atomic mass is 16.6. The van der Waals surface area contributed by atoms with Crippen molar-refractivity contribution in [3.05, 3.63) is 0 Å². The van der Waals surface area contributed by atoms with Gasteiger partial charge in [-0.1, -0.05) is 13.8 Å². The summed E-state index contributed by atoms with van der Waals surface area (Å²) in [6.07, 6.45) is -0.868. The molecule has 0 amide bonds. The van der Waals surface area contributed by atoms with Crippen LogP contribution in [0.25, 0.3) is 0 Å². The largest absolute Gasteiger partial charge is 0.463 e. The van der Waals surface area contributed by atoms with Crippen molar-refractivity contribution in [2.24, 2.45) is 16.7 Å². The molecular weight excluding hydrogens is 276 g/mol. The minimum atomic E-state index is -1.81. The molecule has 0 aromatic carbocycles. The Kier molecular flexibility index (Phi) is 2.74. The summed E-state index contributed by atoms with van der Waals surface area (Å²) in [5.41, 5.74) is -5.95. The van der Waals surface area contributed by atoms with Gasteiger partial charge >= 0.3 is 5.97 Å². The number of hydrogen-bond donors (Lipinski definition) is 3. The lowest BCUT2D eigenvalue weighted by atomic mass is 9.45. The van der Waals surface area contributed by atoms with E-state index < -0.39 is 39.9 Å². The first-order valence-corrected chi connectivity index (χ1v) is 7.37. The van der Waals surface area contributed by atoms with E-state index in [4.69, 9.17) is 4.74 Å². The first kappa shape index (κ1) is 14.9. The summed E-state index contributed by atoms with van der Waals surface area (Å²) < 4.78 is 5.10. The highest BCUT2D eigenvalue weighted by Crippen LogP contribution is 2.68. The van der Waals surface area contributed by atoms with Crippen molar-refractivity contribution >= 4 is 11.8 Å². The van der Waals surface area contributed by atoms with Gasteiger partial charge in [-0.3, -0.25) is 4.79 Å². The molecule has 21 heavy (non-hydrogen) atoms. The molecule has 0 aromatic heterocycles. The second kappa shape index (κ2) is 3.86. The molecule has 6 heteroatoms. The van der Waals surface area contributed by atoms with Gasteiger partial charge in [0.05, 0.1) is 11.0 Å². The maximum Gasteiger partial charge on any atom is 0.335 e. The third-order valence-electron chi connectivity index (χ3n) is 6.79. The van der Waals surface area contributed by atoms with Crippen molar-refractivity contribution in [2.75, 3.05) is 6.61 Å². The number of Topliss-reactive ketones (excluding diaryl/α,β-unsaturated/α-hetero) is 1. The Hall–Kier alpha value is -0.980. The molecule has 1 aliphatic heterocycles. The molecule has 2 bridgehead atoms. The van der Waals surface area contributed by atoms with Gasteiger partial charge in [0, 0.05) is 11.8 Å². The summed E-state index contributed by atoms with van der Waals surface area (Å²) in [6.45, 7) is 4.48. The van der Waals surface area contributed by atoms with E-state index in [9.17, 15) is 24.9 Å². The zero-order valence-corrected chi connectivity index (χ0v) is 12.5. The molecule has 6 nitrogen and oxygen atoms in total. The highest BCUT2D eigenvalue weighted by Gasteiger charge is 2.79. The van der Waals surface area contributed by atoms with Crippen LogP contribution in [0.15, 0.2) is 0 Å². The Morgan fingerprint density at radius 3 is 2.48 bits per heavy atom. The molecule has 3 aliphatic rings. The summed E-state index contributed by atoms with van der Waals surface area (Å²) in [5, 5.41) is 32.7. The van der Waals surface area contributed by atoms with Gasteiger partial charge in [0.15, 0.2) is 11.9 Å². The van der Waals surface area contributed by atoms with Gasteiger partial charge in [-0.15, -0.1) is 0 Å². The SMILES string of the molecule is CC1CCC2(O)C13CC(=O)C(C)(O)C2(C)COC(=O)C3O. The third-order valence-corrected chi connectivity index (χ3v) is 6.79. The van der Waals surface area contributed by atoms with Crippen molar-refractivity contribution in [2.45, 2.75) is 57.3 Å². The topological polar surface area (TPSA) is 104 Å². The third kappa shape index (κ3) is 1.30. The van der Waals surface area contributed by atoms with Crippen molar-refractivity contribution < 1.29 is 29.6 Å². The van der Waals surface area contributed by atoms with Gasteiger partial charge < -0.3 is 20.1 Å². The Bertz CT molecular complexity index is 528. The fourth-order valence-corrected chi connectivity index (χ4v) is 4.94. The Morgan fingerprint density at radius 1 is 1.24 bits per heavy atom. The Labute approximate surface area is 123 Å². The fourth-order valence-electron chi connectivity index (χ4n) is 4.94. The quantitative estimate of drug-likeness (QED) is 0.534. The van der Waals surface area contributed by atoms with Crippen molar-refractivity contribution in [3.8, 4) is 0 Å². The Balaban J connectivity index is 2.33. The molecule has 1 heterocycles. The summed E-state index contributed by atoms with van der Waals surface area (Å²) in [5.74, 6) is -1.50. The minimum absolute atomic E-state index is 0.219. The number of aliphatic hydroxyl groups is 3. The number of aliphatic hydroxyl groups excluding tert-OH is 1. The Morgan fingerprint density at radius 2 is 1.86 bits per heavy atom. The van der Waals surface area contributed by atoms with E-state index in [1.807, 2.05) is 6.92 Å². The molecule has 0 aromatic rings. The van der Waals surface area contributed by atoms with E-state index in [1.54, 1.807) is 6.92 Å². The normalized spacial score (nSPS) is 56.7. The van der Waals surface area contributed by atoms with Crippen molar-refractivity contribution in [1.82, 2.24) is 0 Å². The lowest BCUT2D eigenvalue weighted by Crippen LogP contribution is -2.75. The van der Waals surface area contributed by atoms with Gasteiger partial charge in [-0.25, -0.2) is 4.79 Å². The number of cyclic esters (lactones) is 1. The zero-order chi connectivity index (χ0) is 15.8. The predicted molar refractivity (Wildman–Crippen MR) is 71.1 cm³/mol. The summed E-state index contributed by atoms with van der Waals surface area (Å²) >= 11 is 0. The van der Waals surface area contributed by atoms with E-state index in [0.29, 0.717) is 12.8 Å². The van der Waals surface area contributed by atoms with Crippen LogP contribution in [0.2, 0.25) is 0 Å². The van der Waals surface area contributed by atoms with Crippen LogP contribution in [-0.2, 0) is 14.3 Å². The first-order chi connectivity index (χ1) is 9.54. The average Bonchev–Trinajstić information content (AvgIpc) is 2.66. The molecule has 118 valence electrons. The number of ether oxygens (including phenoxy) is 1. The van der Waals surface area contributed by atoms with Gasteiger partial charge in [-0.05, 0) is 25.7 Å². The molecule has 2 aliphatic carbocycles. The number of esters is 1.